The molecule has 3 rings (SSSR count). The fourth-order valence-electron chi connectivity index (χ4n) is 4.07. The second-order valence-electron chi connectivity index (χ2n) is 10.6. The van der Waals surface area contributed by atoms with E-state index in [0.29, 0.717) is 36.9 Å². The lowest BCUT2D eigenvalue weighted by Gasteiger charge is -2.37. The quantitative estimate of drug-likeness (QED) is 0.293. The van der Waals surface area contributed by atoms with Crippen molar-refractivity contribution in [1.29, 1.82) is 0 Å². The summed E-state index contributed by atoms with van der Waals surface area (Å²) >= 11 is 6.15. The largest absolute Gasteiger partial charge is 0.396 e. The van der Waals surface area contributed by atoms with Gasteiger partial charge in [0, 0.05) is 68.4 Å². The van der Waals surface area contributed by atoms with Crippen molar-refractivity contribution in [2.24, 2.45) is 5.41 Å². The Kier molecular flexibility index (Phi) is 10.8. The number of nitrogens with zero attached hydrogens (tertiary/aromatic N) is 2. The van der Waals surface area contributed by atoms with Gasteiger partial charge in [-0.1, -0.05) is 31.5 Å². The van der Waals surface area contributed by atoms with Gasteiger partial charge in [-0.25, -0.2) is 13.6 Å². The minimum absolute atomic E-state index is 0.112. The van der Waals surface area contributed by atoms with Crippen LogP contribution in [0, 0.1) is 17.0 Å². The van der Waals surface area contributed by atoms with Crippen molar-refractivity contribution in [3.05, 3.63) is 58.1 Å². The molecule has 0 unspecified atom stereocenters. The van der Waals surface area contributed by atoms with E-state index >= 15 is 0 Å². The number of hydrogen-bond acceptors (Lipinski definition) is 5. The molecule has 2 aromatic carbocycles. The van der Waals surface area contributed by atoms with Gasteiger partial charge in [0.15, 0.2) is 11.6 Å². The summed E-state index contributed by atoms with van der Waals surface area (Å²) in [7, 11) is 0. The molecular formula is C27H33ClF5N5O3. The molecule has 2 aromatic rings. The van der Waals surface area contributed by atoms with Crippen molar-refractivity contribution < 1.29 is 36.6 Å². The molecule has 4 N–H and O–H groups in total. The molecule has 0 aliphatic carbocycles. The highest BCUT2D eigenvalue weighted by molar-refractivity contribution is 6.31. The number of rotatable bonds is 10. The molecule has 8 nitrogen and oxygen atoms in total. The highest BCUT2D eigenvalue weighted by Crippen LogP contribution is 2.31. The second kappa shape index (κ2) is 13.7. The van der Waals surface area contributed by atoms with Crippen LogP contribution in [0.1, 0.15) is 36.2 Å². The number of anilines is 2. The number of amides is 3. The summed E-state index contributed by atoms with van der Waals surface area (Å²) in [6.45, 7) is 4.50. The monoisotopic (exact) mass is 605 g/mol. The molecule has 14 heteroatoms. The van der Waals surface area contributed by atoms with Gasteiger partial charge in [-0.15, -0.1) is 0 Å². The van der Waals surface area contributed by atoms with E-state index in [9.17, 15) is 36.6 Å². The smallest absolute Gasteiger partial charge is 0.390 e. The Bertz CT molecular complexity index is 1240. The fourth-order valence-corrected chi connectivity index (χ4v) is 4.24. The Morgan fingerprint density at radius 2 is 1.68 bits per heavy atom. The highest BCUT2D eigenvalue weighted by Gasteiger charge is 2.29. The number of carbonyl (C=O) groups is 2. The van der Waals surface area contributed by atoms with Crippen LogP contribution in [0.4, 0.5) is 38.1 Å². The van der Waals surface area contributed by atoms with E-state index in [4.69, 9.17) is 11.6 Å². The predicted octanol–water partition coefficient (Wildman–Crippen LogP) is 4.76. The van der Waals surface area contributed by atoms with E-state index in [1.165, 1.54) is 18.2 Å². The number of benzene rings is 2. The van der Waals surface area contributed by atoms with Gasteiger partial charge in [-0.3, -0.25) is 9.69 Å². The molecule has 1 aliphatic heterocycles. The Balaban J connectivity index is 1.65. The fraction of sp³-hybridized carbons (Fsp3) is 0.481. The van der Waals surface area contributed by atoms with Crippen LogP contribution < -0.4 is 20.9 Å². The molecule has 1 heterocycles. The Labute approximate surface area is 239 Å². The molecule has 226 valence electrons. The lowest BCUT2D eigenvalue weighted by molar-refractivity contribution is -0.138. The van der Waals surface area contributed by atoms with Gasteiger partial charge in [-0.05, 0) is 24.3 Å². The molecule has 41 heavy (non-hydrogen) atoms. The summed E-state index contributed by atoms with van der Waals surface area (Å²) in [5.41, 5.74) is -0.516. The van der Waals surface area contributed by atoms with Gasteiger partial charge in [0.1, 0.15) is 0 Å². The number of aliphatic hydroxyl groups excluding tert-OH is 1. The van der Waals surface area contributed by atoms with Crippen molar-refractivity contribution in [2.45, 2.75) is 33.0 Å². The first-order valence-corrected chi connectivity index (χ1v) is 13.3. The third kappa shape index (κ3) is 9.44. The molecule has 3 amide bonds. The van der Waals surface area contributed by atoms with E-state index < -0.39 is 47.1 Å². The molecule has 0 saturated carbocycles. The number of urea groups is 1. The van der Waals surface area contributed by atoms with E-state index in [0.717, 1.165) is 6.07 Å². The highest BCUT2D eigenvalue weighted by atomic mass is 35.5. The number of aliphatic hydroxyl groups is 1. The molecule has 0 bridgehead atoms. The van der Waals surface area contributed by atoms with Gasteiger partial charge < -0.3 is 26.0 Å². The van der Waals surface area contributed by atoms with Crippen molar-refractivity contribution in [3.63, 3.8) is 0 Å². The molecule has 0 atom stereocenters. The zero-order valence-electron chi connectivity index (χ0n) is 22.7. The van der Waals surface area contributed by atoms with Crippen molar-refractivity contribution >= 4 is 34.9 Å². The van der Waals surface area contributed by atoms with Crippen molar-refractivity contribution in [2.75, 3.05) is 56.1 Å². The van der Waals surface area contributed by atoms with Crippen LogP contribution in [0.25, 0.3) is 0 Å². The molecule has 0 spiro atoms. The van der Waals surface area contributed by atoms with Gasteiger partial charge in [-0.2, -0.15) is 13.2 Å². The Morgan fingerprint density at radius 1 is 1.00 bits per heavy atom. The summed E-state index contributed by atoms with van der Waals surface area (Å²) in [4.78, 5) is 28.5. The lowest BCUT2D eigenvalue weighted by Crippen LogP contribution is -2.47. The van der Waals surface area contributed by atoms with Crippen LogP contribution in [0.3, 0.4) is 0 Å². The maximum atomic E-state index is 14.9. The van der Waals surface area contributed by atoms with Crippen LogP contribution >= 0.6 is 11.6 Å². The van der Waals surface area contributed by atoms with Crippen molar-refractivity contribution in [3.8, 4) is 0 Å². The van der Waals surface area contributed by atoms with E-state index in [-0.39, 0.29) is 37.5 Å². The first kappa shape index (κ1) is 32.4. The van der Waals surface area contributed by atoms with Gasteiger partial charge in [0.2, 0.25) is 0 Å². The second-order valence-corrected chi connectivity index (χ2v) is 11.0. The average molecular weight is 606 g/mol. The maximum Gasteiger partial charge on any atom is 0.390 e. The van der Waals surface area contributed by atoms with Crippen LogP contribution in [0.15, 0.2) is 30.3 Å². The van der Waals surface area contributed by atoms with Crippen LogP contribution in [0.5, 0.6) is 0 Å². The number of alkyl halides is 3. The summed E-state index contributed by atoms with van der Waals surface area (Å²) < 4.78 is 67.4. The lowest BCUT2D eigenvalue weighted by atomic mass is 9.95. The Morgan fingerprint density at radius 3 is 2.32 bits per heavy atom. The van der Waals surface area contributed by atoms with E-state index in [1.54, 1.807) is 24.8 Å². The first-order valence-electron chi connectivity index (χ1n) is 12.9. The van der Waals surface area contributed by atoms with Crippen LogP contribution in [-0.2, 0) is 6.54 Å². The van der Waals surface area contributed by atoms with Crippen molar-refractivity contribution in [1.82, 2.24) is 15.5 Å². The zero-order chi connectivity index (χ0) is 30.4. The molecule has 1 saturated heterocycles. The van der Waals surface area contributed by atoms with Crippen LogP contribution in [-0.4, -0.2) is 74.0 Å². The molecule has 1 aliphatic rings. The number of carbonyl (C=O) groups excluding carboxylic acids is 2. The number of halogens is 6. The average Bonchev–Trinajstić information content (AvgIpc) is 2.92. The maximum absolute atomic E-state index is 14.9. The molecule has 1 fully saturated rings. The summed E-state index contributed by atoms with van der Waals surface area (Å²) in [6.07, 6.45) is -5.14. The first-order chi connectivity index (χ1) is 19.2. The summed E-state index contributed by atoms with van der Waals surface area (Å²) in [5.74, 6) is -3.60. The minimum atomic E-state index is -4.24. The Hall–Kier alpha value is -3.16. The topological polar surface area (TPSA) is 96.9 Å². The SMILES string of the molecule is CC(C)(CO)CNC(=O)NCc1ccc(C(=O)Nc2ccc(Cl)cc2N2CCN(CCC(F)(F)F)CC2)c(F)c1F. The normalized spacial score (nSPS) is 14.6. The number of piperazine rings is 1. The zero-order valence-corrected chi connectivity index (χ0v) is 23.4. The van der Waals surface area contributed by atoms with Gasteiger partial charge in [0.25, 0.3) is 5.91 Å². The van der Waals surface area contributed by atoms with E-state index in [1.807, 2.05) is 4.90 Å². The van der Waals surface area contributed by atoms with Gasteiger partial charge >= 0.3 is 12.2 Å². The molecule has 0 radical (unpaired) electrons. The third-order valence-electron chi connectivity index (χ3n) is 6.63. The third-order valence-corrected chi connectivity index (χ3v) is 6.87. The predicted molar refractivity (Wildman–Crippen MR) is 146 cm³/mol. The molecule has 0 aromatic heterocycles. The standard InChI is InChI=1S/C27H33ClF5N5O3/c1-26(2,16-39)15-35-25(41)34-14-17-3-5-19(23(30)22(17)29)24(40)36-20-6-4-18(28)13-21(20)38-11-9-37(10-12-38)8-7-27(31,32)33/h3-6,13,39H,7-12,14-16H2,1-2H3,(H,36,40)(H2,34,35,41). The molecular weight excluding hydrogens is 573 g/mol. The minimum Gasteiger partial charge on any atom is -0.396 e. The van der Waals surface area contributed by atoms with Crippen LogP contribution in [0.2, 0.25) is 5.02 Å². The number of nitrogens with one attached hydrogen (secondary N) is 3. The summed E-state index contributed by atoms with van der Waals surface area (Å²) in [6, 6.07) is 6.26. The number of hydrogen-bond donors (Lipinski definition) is 4. The van der Waals surface area contributed by atoms with Gasteiger partial charge in [0.05, 0.1) is 23.4 Å². The summed E-state index contributed by atoms with van der Waals surface area (Å²) in [5, 5.41) is 17.1. The van der Waals surface area contributed by atoms with E-state index in [2.05, 4.69) is 16.0 Å².